The number of amides is 1. The number of aliphatic hydroxyl groups is 1. The summed E-state index contributed by atoms with van der Waals surface area (Å²) in [6.45, 7) is 6.76. The van der Waals surface area contributed by atoms with Crippen molar-refractivity contribution in [3.05, 3.63) is 70.8 Å². The summed E-state index contributed by atoms with van der Waals surface area (Å²) >= 11 is 0. The smallest absolute Gasteiger partial charge is 0.295 e. The van der Waals surface area contributed by atoms with Gasteiger partial charge in [-0.2, -0.15) is 0 Å². The third-order valence-electron chi connectivity index (χ3n) is 5.89. The minimum atomic E-state index is -0.672. The summed E-state index contributed by atoms with van der Waals surface area (Å²) in [6.07, 6.45) is 1.71. The second-order valence-corrected chi connectivity index (χ2v) is 8.64. The van der Waals surface area contributed by atoms with Crippen molar-refractivity contribution in [3.8, 4) is 5.75 Å². The Morgan fingerprint density at radius 3 is 2.56 bits per heavy atom. The van der Waals surface area contributed by atoms with Crippen LogP contribution in [0.4, 0.5) is 0 Å². The van der Waals surface area contributed by atoms with Crippen LogP contribution in [0.3, 0.4) is 0 Å². The molecule has 0 spiro atoms. The first kappa shape index (κ1) is 22.1. The molecule has 0 aliphatic carbocycles. The molecule has 0 bridgehead atoms. The fourth-order valence-corrected chi connectivity index (χ4v) is 4.40. The summed E-state index contributed by atoms with van der Waals surface area (Å²) in [7, 11) is 0. The van der Waals surface area contributed by atoms with Gasteiger partial charge in [-0.15, -0.1) is 0 Å². The van der Waals surface area contributed by atoms with Crippen molar-refractivity contribution in [2.75, 3.05) is 13.2 Å². The number of ether oxygens (including phenoxy) is 2. The van der Waals surface area contributed by atoms with Crippen LogP contribution >= 0.6 is 0 Å². The fraction of sp³-hybridized carbons (Fsp3) is 0.385. The fourth-order valence-electron chi connectivity index (χ4n) is 4.40. The Labute approximate surface area is 188 Å². The van der Waals surface area contributed by atoms with Gasteiger partial charge < -0.3 is 19.5 Å². The van der Waals surface area contributed by atoms with Crippen molar-refractivity contribution in [1.29, 1.82) is 0 Å². The maximum Gasteiger partial charge on any atom is 0.295 e. The average Bonchev–Trinajstić information content (AvgIpc) is 3.37. The van der Waals surface area contributed by atoms with Crippen molar-refractivity contribution in [2.45, 2.75) is 51.9 Å². The number of ketones is 1. The van der Waals surface area contributed by atoms with E-state index in [4.69, 9.17) is 9.47 Å². The largest absolute Gasteiger partial charge is 0.507 e. The number of benzene rings is 2. The molecule has 2 aromatic rings. The summed E-state index contributed by atoms with van der Waals surface area (Å²) < 4.78 is 11.5. The normalized spacial score (nSPS) is 22.7. The summed E-state index contributed by atoms with van der Waals surface area (Å²) in [6, 6.07) is 14.0. The van der Waals surface area contributed by atoms with E-state index in [2.05, 4.69) is 0 Å². The molecule has 6 heteroatoms. The number of aryl methyl sites for hydroxylation is 1. The molecule has 2 heterocycles. The molecule has 2 aliphatic heterocycles. The number of hydrogen-bond donors (Lipinski definition) is 1. The number of carbonyl (C=O) groups is 2. The molecule has 2 unspecified atom stereocenters. The van der Waals surface area contributed by atoms with E-state index >= 15 is 0 Å². The monoisotopic (exact) mass is 435 g/mol. The number of hydrogen-bond acceptors (Lipinski definition) is 5. The van der Waals surface area contributed by atoms with Crippen LogP contribution in [0.2, 0.25) is 0 Å². The molecule has 32 heavy (non-hydrogen) atoms. The van der Waals surface area contributed by atoms with Crippen LogP contribution in [0.15, 0.2) is 54.1 Å². The second-order valence-electron chi connectivity index (χ2n) is 8.64. The number of likely N-dealkylation sites (tertiary alicyclic amines) is 1. The summed E-state index contributed by atoms with van der Waals surface area (Å²) in [5.41, 5.74) is 2.21. The Bertz CT molecular complexity index is 1040. The summed E-state index contributed by atoms with van der Waals surface area (Å²) in [5.74, 6) is -0.733. The van der Waals surface area contributed by atoms with Gasteiger partial charge in [0.1, 0.15) is 11.5 Å². The van der Waals surface area contributed by atoms with E-state index in [1.165, 1.54) is 0 Å². The third-order valence-corrected chi connectivity index (χ3v) is 5.89. The minimum absolute atomic E-state index is 0.0226. The molecule has 0 saturated carbocycles. The number of nitrogens with zero attached hydrogens (tertiary/aromatic N) is 1. The molecule has 2 atom stereocenters. The van der Waals surface area contributed by atoms with Gasteiger partial charge in [-0.25, -0.2) is 0 Å². The zero-order valence-corrected chi connectivity index (χ0v) is 18.7. The molecule has 0 aromatic heterocycles. The lowest BCUT2D eigenvalue weighted by Gasteiger charge is -2.27. The lowest BCUT2D eigenvalue weighted by Crippen LogP contribution is -2.36. The van der Waals surface area contributed by atoms with Gasteiger partial charge in [-0.1, -0.05) is 30.3 Å². The highest BCUT2D eigenvalue weighted by Crippen LogP contribution is 2.40. The van der Waals surface area contributed by atoms with Gasteiger partial charge in [0.15, 0.2) is 0 Å². The third kappa shape index (κ3) is 4.28. The van der Waals surface area contributed by atoms with Crippen LogP contribution in [0, 0.1) is 6.92 Å². The maximum atomic E-state index is 13.1. The number of rotatable bonds is 6. The van der Waals surface area contributed by atoms with Crippen LogP contribution in [-0.4, -0.2) is 47.1 Å². The van der Waals surface area contributed by atoms with Gasteiger partial charge in [-0.05, 0) is 62.9 Å². The zero-order valence-electron chi connectivity index (χ0n) is 18.7. The van der Waals surface area contributed by atoms with E-state index in [-0.39, 0.29) is 23.5 Å². The van der Waals surface area contributed by atoms with E-state index in [0.717, 1.165) is 29.7 Å². The molecule has 168 valence electrons. The highest BCUT2D eigenvalue weighted by Gasteiger charge is 2.47. The van der Waals surface area contributed by atoms with Gasteiger partial charge in [0.2, 0.25) is 0 Å². The van der Waals surface area contributed by atoms with Gasteiger partial charge in [-0.3, -0.25) is 9.59 Å². The van der Waals surface area contributed by atoms with Crippen molar-refractivity contribution >= 4 is 17.4 Å². The highest BCUT2D eigenvalue weighted by atomic mass is 16.5. The quantitative estimate of drug-likeness (QED) is 0.414. The Balaban J connectivity index is 1.77. The molecule has 4 rings (SSSR count). The van der Waals surface area contributed by atoms with Gasteiger partial charge in [0.05, 0.1) is 23.8 Å². The molecule has 2 aliphatic rings. The van der Waals surface area contributed by atoms with E-state index in [1.807, 2.05) is 51.1 Å². The predicted molar refractivity (Wildman–Crippen MR) is 121 cm³/mol. The first-order valence-corrected chi connectivity index (χ1v) is 11.1. The standard InChI is InChI=1S/C26H29NO5/c1-16(2)32-21-12-11-19(14-17(21)3)24(28)22-23(18-8-5-4-6-9-18)27(26(30)25(22)29)15-20-10-7-13-31-20/h4-6,8-9,11-12,14,16,20,23,28H,7,10,13,15H2,1-3H3/b24-22-. The van der Waals surface area contributed by atoms with E-state index in [1.54, 1.807) is 23.1 Å². The molecule has 1 amide bonds. The summed E-state index contributed by atoms with van der Waals surface area (Å²) in [4.78, 5) is 27.7. The van der Waals surface area contributed by atoms with Crippen LogP contribution in [-0.2, 0) is 14.3 Å². The Kier molecular flexibility index (Phi) is 6.33. The van der Waals surface area contributed by atoms with Gasteiger partial charge in [0, 0.05) is 18.7 Å². The van der Waals surface area contributed by atoms with E-state index in [0.29, 0.717) is 18.7 Å². The number of aliphatic hydroxyl groups excluding tert-OH is 1. The summed E-state index contributed by atoms with van der Waals surface area (Å²) in [5, 5.41) is 11.2. The van der Waals surface area contributed by atoms with Crippen LogP contribution < -0.4 is 4.74 Å². The topological polar surface area (TPSA) is 76.1 Å². The van der Waals surface area contributed by atoms with Gasteiger partial charge in [0.25, 0.3) is 11.7 Å². The lowest BCUT2D eigenvalue weighted by atomic mass is 9.94. The maximum absolute atomic E-state index is 13.1. The van der Waals surface area contributed by atoms with Crippen molar-refractivity contribution in [1.82, 2.24) is 4.90 Å². The Morgan fingerprint density at radius 1 is 1.19 bits per heavy atom. The van der Waals surface area contributed by atoms with Crippen LogP contribution in [0.25, 0.3) is 5.76 Å². The Morgan fingerprint density at radius 2 is 1.94 bits per heavy atom. The average molecular weight is 436 g/mol. The van der Waals surface area contributed by atoms with Crippen molar-refractivity contribution in [3.63, 3.8) is 0 Å². The first-order valence-electron chi connectivity index (χ1n) is 11.1. The molecular formula is C26H29NO5. The van der Waals surface area contributed by atoms with Crippen molar-refractivity contribution in [2.24, 2.45) is 0 Å². The SMILES string of the molecule is Cc1cc(/C(O)=C2/C(=O)C(=O)N(CC3CCCO3)C2c2ccccc2)ccc1OC(C)C. The molecular weight excluding hydrogens is 406 g/mol. The van der Waals surface area contributed by atoms with Gasteiger partial charge >= 0.3 is 0 Å². The lowest BCUT2D eigenvalue weighted by molar-refractivity contribution is -0.140. The number of carbonyl (C=O) groups excluding carboxylic acids is 2. The minimum Gasteiger partial charge on any atom is -0.507 e. The molecule has 0 radical (unpaired) electrons. The zero-order chi connectivity index (χ0) is 22.8. The van der Waals surface area contributed by atoms with E-state index in [9.17, 15) is 14.7 Å². The molecule has 1 N–H and O–H groups in total. The van der Waals surface area contributed by atoms with Crippen LogP contribution in [0.5, 0.6) is 5.75 Å². The van der Waals surface area contributed by atoms with Crippen LogP contribution in [0.1, 0.15) is 49.4 Å². The highest BCUT2D eigenvalue weighted by molar-refractivity contribution is 6.46. The molecule has 6 nitrogen and oxygen atoms in total. The second kappa shape index (κ2) is 9.17. The molecule has 2 saturated heterocycles. The first-order chi connectivity index (χ1) is 15.4. The van der Waals surface area contributed by atoms with E-state index < -0.39 is 17.7 Å². The molecule has 2 fully saturated rings. The van der Waals surface area contributed by atoms with Crippen molar-refractivity contribution < 1.29 is 24.2 Å². The number of Topliss-reactive ketones (excluding diaryl/α,β-unsaturated/α-hetero) is 1. The Hall–Kier alpha value is -3.12. The molecule has 2 aromatic carbocycles. The predicted octanol–water partition coefficient (Wildman–Crippen LogP) is 4.38.